The van der Waals surface area contributed by atoms with Crippen molar-refractivity contribution in [1.82, 2.24) is 4.72 Å². The van der Waals surface area contributed by atoms with Crippen LogP contribution in [-0.4, -0.2) is 14.5 Å². The van der Waals surface area contributed by atoms with Crippen LogP contribution in [0.15, 0.2) is 41.3 Å². The van der Waals surface area contributed by atoms with Crippen LogP contribution in [0.3, 0.4) is 0 Å². The van der Waals surface area contributed by atoms with Crippen molar-refractivity contribution >= 4 is 10.0 Å². The highest BCUT2D eigenvalue weighted by Gasteiger charge is 2.17. The molecular formula is C18H29NO2S. The van der Waals surface area contributed by atoms with Gasteiger partial charge in [-0.3, -0.25) is 0 Å². The van der Waals surface area contributed by atoms with Crippen LogP contribution in [0.2, 0.25) is 0 Å². The van der Waals surface area contributed by atoms with Crippen molar-refractivity contribution in [2.45, 2.75) is 70.2 Å². The molecule has 0 radical (unpaired) electrons. The lowest BCUT2D eigenvalue weighted by molar-refractivity contribution is 0.540. The molecule has 1 atom stereocenters. The molecule has 0 aliphatic carbocycles. The highest BCUT2D eigenvalue weighted by atomic mass is 32.2. The number of hydrogen-bond donors (Lipinski definition) is 1. The quantitative estimate of drug-likeness (QED) is 0.506. The molecule has 22 heavy (non-hydrogen) atoms. The summed E-state index contributed by atoms with van der Waals surface area (Å²) in [4.78, 5) is 0.337. The van der Waals surface area contributed by atoms with Gasteiger partial charge in [0.2, 0.25) is 10.0 Å². The Labute approximate surface area is 135 Å². The third-order valence-electron chi connectivity index (χ3n) is 3.71. The standard InChI is InChI=1S/C18H29NO2S/c1-4-6-7-8-9-10-11-17(5-2)19-22(20,21)18-14-12-16(3)13-15-18/h9-10,12-15,17,19H,4-8,11H2,1-3H3/b10-9+. The monoisotopic (exact) mass is 323 g/mol. The van der Waals surface area contributed by atoms with Crippen molar-refractivity contribution in [3.8, 4) is 0 Å². The van der Waals surface area contributed by atoms with Gasteiger partial charge in [0.1, 0.15) is 0 Å². The van der Waals surface area contributed by atoms with Gasteiger partial charge in [0, 0.05) is 6.04 Å². The second kappa shape index (κ2) is 9.80. The average Bonchev–Trinajstić information content (AvgIpc) is 2.49. The Kier molecular flexibility index (Phi) is 8.43. The van der Waals surface area contributed by atoms with E-state index in [0.29, 0.717) is 4.90 Å². The van der Waals surface area contributed by atoms with Crippen LogP contribution >= 0.6 is 0 Å². The first-order valence-corrected chi connectivity index (χ1v) is 9.72. The molecule has 0 spiro atoms. The van der Waals surface area contributed by atoms with Crippen LogP contribution in [-0.2, 0) is 10.0 Å². The van der Waals surface area contributed by atoms with E-state index in [4.69, 9.17) is 0 Å². The number of aryl methyl sites for hydroxylation is 1. The van der Waals surface area contributed by atoms with E-state index in [-0.39, 0.29) is 6.04 Å². The Balaban J connectivity index is 2.55. The third-order valence-corrected chi connectivity index (χ3v) is 5.24. The maximum Gasteiger partial charge on any atom is 0.240 e. The molecule has 0 fully saturated rings. The number of sulfonamides is 1. The summed E-state index contributed by atoms with van der Waals surface area (Å²) in [5.41, 5.74) is 1.06. The van der Waals surface area contributed by atoms with Crippen LogP contribution in [0.1, 0.15) is 57.9 Å². The Bertz CT molecular complexity index is 547. The minimum atomic E-state index is -3.42. The van der Waals surface area contributed by atoms with Crippen LogP contribution in [0.25, 0.3) is 0 Å². The Morgan fingerprint density at radius 1 is 1.09 bits per heavy atom. The number of rotatable bonds is 10. The molecule has 1 N–H and O–H groups in total. The fraction of sp³-hybridized carbons (Fsp3) is 0.556. The van der Waals surface area contributed by atoms with Gasteiger partial charge in [-0.05, 0) is 44.7 Å². The van der Waals surface area contributed by atoms with Gasteiger partial charge in [0.15, 0.2) is 0 Å². The molecule has 0 aromatic heterocycles. The van der Waals surface area contributed by atoms with Crippen LogP contribution < -0.4 is 4.72 Å². The third kappa shape index (κ3) is 6.75. The molecule has 0 heterocycles. The summed E-state index contributed by atoms with van der Waals surface area (Å²) in [6.07, 6.45) is 10.6. The van der Waals surface area contributed by atoms with Crippen molar-refractivity contribution in [2.75, 3.05) is 0 Å². The SMILES string of the molecule is CCCCC/C=C/CC(CC)NS(=O)(=O)c1ccc(C)cc1. The fourth-order valence-electron chi connectivity index (χ4n) is 2.19. The van der Waals surface area contributed by atoms with Gasteiger partial charge in [-0.1, -0.05) is 56.5 Å². The molecule has 124 valence electrons. The van der Waals surface area contributed by atoms with Gasteiger partial charge in [0.05, 0.1) is 4.90 Å². The van der Waals surface area contributed by atoms with Gasteiger partial charge in [-0.25, -0.2) is 13.1 Å². The molecule has 1 rings (SSSR count). The molecule has 0 bridgehead atoms. The van der Waals surface area contributed by atoms with Crippen LogP contribution in [0.5, 0.6) is 0 Å². The van der Waals surface area contributed by atoms with Gasteiger partial charge >= 0.3 is 0 Å². The molecule has 0 amide bonds. The predicted octanol–water partition coefficient (Wildman–Crippen LogP) is 4.58. The van der Waals surface area contributed by atoms with Crippen molar-refractivity contribution in [3.05, 3.63) is 42.0 Å². The summed E-state index contributed by atoms with van der Waals surface area (Å²) in [5, 5.41) is 0. The molecule has 1 unspecified atom stereocenters. The average molecular weight is 324 g/mol. The Morgan fingerprint density at radius 3 is 2.36 bits per heavy atom. The van der Waals surface area contributed by atoms with Crippen LogP contribution in [0, 0.1) is 6.92 Å². The topological polar surface area (TPSA) is 46.2 Å². The summed E-state index contributed by atoms with van der Waals surface area (Å²) in [6.45, 7) is 6.14. The van der Waals surface area contributed by atoms with Crippen LogP contribution in [0.4, 0.5) is 0 Å². The van der Waals surface area contributed by atoms with Crippen molar-refractivity contribution in [1.29, 1.82) is 0 Å². The number of nitrogens with one attached hydrogen (secondary N) is 1. The minimum absolute atomic E-state index is 0.0475. The predicted molar refractivity (Wildman–Crippen MR) is 93.5 cm³/mol. The van der Waals surface area contributed by atoms with Gasteiger partial charge < -0.3 is 0 Å². The Morgan fingerprint density at radius 2 is 1.77 bits per heavy atom. The molecule has 0 saturated heterocycles. The highest BCUT2D eigenvalue weighted by molar-refractivity contribution is 7.89. The summed E-state index contributed by atoms with van der Waals surface area (Å²) < 4.78 is 27.5. The number of hydrogen-bond acceptors (Lipinski definition) is 2. The summed E-state index contributed by atoms with van der Waals surface area (Å²) >= 11 is 0. The van der Waals surface area contributed by atoms with E-state index in [9.17, 15) is 8.42 Å². The maximum atomic E-state index is 12.4. The summed E-state index contributed by atoms with van der Waals surface area (Å²) in [5.74, 6) is 0. The zero-order valence-corrected chi connectivity index (χ0v) is 14.8. The zero-order chi connectivity index (χ0) is 16.4. The molecule has 0 aliphatic heterocycles. The molecule has 1 aromatic rings. The van der Waals surface area contributed by atoms with Gasteiger partial charge in [0.25, 0.3) is 0 Å². The Hall–Kier alpha value is -1.13. The first kappa shape index (κ1) is 18.9. The first-order valence-electron chi connectivity index (χ1n) is 8.23. The van der Waals surface area contributed by atoms with Gasteiger partial charge in [-0.2, -0.15) is 0 Å². The molecule has 1 aromatic carbocycles. The minimum Gasteiger partial charge on any atom is -0.208 e. The molecule has 0 aliphatic rings. The van der Waals surface area contributed by atoms with E-state index in [0.717, 1.165) is 24.8 Å². The molecule has 4 heteroatoms. The largest absolute Gasteiger partial charge is 0.240 e. The molecule has 0 saturated carbocycles. The van der Waals surface area contributed by atoms with Crippen molar-refractivity contribution in [2.24, 2.45) is 0 Å². The van der Waals surface area contributed by atoms with E-state index < -0.39 is 10.0 Å². The number of allylic oxidation sites excluding steroid dienone is 1. The first-order chi connectivity index (χ1) is 10.5. The van der Waals surface area contributed by atoms with Gasteiger partial charge in [-0.15, -0.1) is 0 Å². The normalized spacial score (nSPS) is 13.6. The van der Waals surface area contributed by atoms with Crippen molar-refractivity contribution < 1.29 is 8.42 Å². The highest BCUT2D eigenvalue weighted by Crippen LogP contribution is 2.12. The number of unbranched alkanes of at least 4 members (excludes halogenated alkanes) is 3. The van der Waals surface area contributed by atoms with E-state index in [1.807, 2.05) is 26.0 Å². The van der Waals surface area contributed by atoms with E-state index in [1.54, 1.807) is 12.1 Å². The summed E-state index contributed by atoms with van der Waals surface area (Å²) in [6, 6.07) is 6.91. The lowest BCUT2D eigenvalue weighted by atomic mass is 10.1. The molecule has 3 nitrogen and oxygen atoms in total. The maximum absolute atomic E-state index is 12.4. The van der Waals surface area contributed by atoms with E-state index in [1.165, 1.54) is 19.3 Å². The second-order valence-corrected chi connectivity index (χ2v) is 7.46. The molecular weight excluding hydrogens is 294 g/mol. The van der Waals surface area contributed by atoms with E-state index in [2.05, 4.69) is 23.8 Å². The number of benzene rings is 1. The fourth-order valence-corrected chi connectivity index (χ4v) is 3.53. The smallest absolute Gasteiger partial charge is 0.208 e. The lowest BCUT2D eigenvalue weighted by Crippen LogP contribution is -2.34. The van der Waals surface area contributed by atoms with Crippen molar-refractivity contribution in [3.63, 3.8) is 0 Å². The van der Waals surface area contributed by atoms with E-state index >= 15 is 0 Å². The lowest BCUT2D eigenvalue weighted by Gasteiger charge is -2.15. The zero-order valence-electron chi connectivity index (χ0n) is 14.0. The summed E-state index contributed by atoms with van der Waals surface area (Å²) in [7, 11) is -3.42. The second-order valence-electron chi connectivity index (χ2n) is 5.74.